The molecule has 0 aliphatic carbocycles. The Bertz CT molecular complexity index is 1190. The van der Waals surface area contributed by atoms with Crippen LogP contribution >= 0.6 is 0 Å². The molecule has 2 aromatic carbocycles. The van der Waals surface area contributed by atoms with Crippen molar-refractivity contribution in [2.24, 2.45) is 0 Å². The SMILES string of the molecule is CC[C@@H](C)NC(=O)[C@@H](C)N(CCc1ccccc1)C(=O)CCCN(c1ccc2c(c1)OCCO2)S(C)(=O)=O. The number of ether oxygens (including phenoxy) is 2. The van der Waals surface area contributed by atoms with Gasteiger partial charge in [0.05, 0.1) is 11.9 Å². The topological polar surface area (TPSA) is 105 Å². The van der Waals surface area contributed by atoms with Crippen LogP contribution in [0.1, 0.15) is 45.6 Å². The molecule has 0 spiro atoms. The van der Waals surface area contributed by atoms with E-state index in [4.69, 9.17) is 9.47 Å². The summed E-state index contributed by atoms with van der Waals surface area (Å²) in [6.07, 6.45) is 2.94. The molecule has 0 radical (unpaired) electrons. The summed E-state index contributed by atoms with van der Waals surface area (Å²) in [4.78, 5) is 27.8. The monoisotopic (exact) mass is 545 g/mol. The standard InChI is InChI=1S/C28H39N3O6S/c1-5-21(2)29-28(33)22(3)30(17-15-23-10-7-6-8-11-23)27(32)12-9-16-31(38(4,34)35)24-13-14-25-26(20-24)37-19-18-36-25/h6-8,10-11,13-14,20-22H,5,9,12,15-19H2,1-4H3,(H,29,33)/t21-,22-/m1/s1. The van der Waals surface area contributed by atoms with Gasteiger partial charge in [0, 0.05) is 31.6 Å². The number of amides is 2. The molecule has 38 heavy (non-hydrogen) atoms. The molecule has 0 fully saturated rings. The third kappa shape index (κ3) is 8.11. The van der Waals surface area contributed by atoms with Crippen molar-refractivity contribution in [3.8, 4) is 11.5 Å². The van der Waals surface area contributed by atoms with Gasteiger partial charge >= 0.3 is 0 Å². The second kappa shape index (κ2) is 13.5. The van der Waals surface area contributed by atoms with Crippen LogP contribution < -0.4 is 19.1 Å². The molecule has 0 unspecified atom stereocenters. The second-order valence-electron chi connectivity index (χ2n) is 9.58. The molecule has 1 aliphatic heterocycles. The first-order valence-electron chi connectivity index (χ1n) is 13.1. The van der Waals surface area contributed by atoms with Crippen molar-refractivity contribution in [2.45, 2.75) is 58.5 Å². The van der Waals surface area contributed by atoms with Crippen molar-refractivity contribution < 1.29 is 27.5 Å². The predicted molar refractivity (Wildman–Crippen MR) is 148 cm³/mol. The van der Waals surface area contributed by atoms with Crippen LogP contribution in [0.15, 0.2) is 48.5 Å². The smallest absolute Gasteiger partial charge is 0.242 e. The molecule has 208 valence electrons. The van der Waals surface area contributed by atoms with Gasteiger partial charge in [0.1, 0.15) is 19.3 Å². The average Bonchev–Trinajstić information content (AvgIpc) is 2.90. The normalized spacial score (nSPS) is 14.3. The summed E-state index contributed by atoms with van der Waals surface area (Å²) in [7, 11) is -3.61. The van der Waals surface area contributed by atoms with Crippen molar-refractivity contribution in [1.29, 1.82) is 0 Å². The summed E-state index contributed by atoms with van der Waals surface area (Å²) < 4.78 is 37.6. The van der Waals surface area contributed by atoms with Crippen LogP contribution in [0.4, 0.5) is 5.69 Å². The third-order valence-electron chi connectivity index (χ3n) is 6.62. The maximum absolute atomic E-state index is 13.4. The quantitative estimate of drug-likeness (QED) is 0.414. The molecule has 2 atom stereocenters. The van der Waals surface area contributed by atoms with Crippen molar-refractivity contribution in [3.05, 3.63) is 54.1 Å². The van der Waals surface area contributed by atoms with E-state index >= 15 is 0 Å². The minimum atomic E-state index is -3.61. The van der Waals surface area contributed by atoms with E-state index in [1.807, 2.05) is 44.2 Å². The van der Waals surface area contributed by atoms with Crippen LogP contribution in [-0.2, 0) is 26.0 Å². The van der Waals surface area contributed by atoms with Gasteiger partial charge in [-0.1, -0.05) is 37.3 Å². The fraction of sp³-hybridized carbons (Fsp3) is 0.500. The number of hydrogen-bond donors (Lipinski definition) is 1. The molecule has 1 N–H and O–H groups in total. The molecule has 1 aliphatic rings. The van der Waals surface area contributed by atoms with Crippen LogP contribution in [0.3, 0.4) is 0 Å². The molecule has 10 heteroatoms. The number of sulfonamides is 1. The molecule has 0 saturated carbocycles. The van der Waals surface area contributed by atoms with E-state index in [0.717, 1.165) is 18.2 Å². The van der Waals surface area contributed by atoms with Gasteiger partial charge in [-0.2, -0.15) is 0 Å². The first-order chi connectivity index (χ1) is 18.1. The van der Waals surface area contributed by atoms with E-state index < -0.39 is 16.1 Å². The summed E-state index contributed by atoms with van der Waals surface area (Å²) >= 11 is 0. The van der Waals surface area contributed by atoms with Crippen molar-refractivity contribution in [3.63, 3.8) is 0 Å². The molecule has 9 nitrogen and oxygen atoms in total. The largest absolute Gasteiger partial charge is 0.486 e. The number of nitrogens with zero attached hydrogens (tertiary/aromatic N) is 2. The molecule has 2 amide bonds. The Morgan fingerprint density at radius 2 is 1.68 bits per heavy atom. The Hall–Kier alpha value is -3.27. The maximum atomic E-state index is 13.4. The Morgan fingerprint density at radius 3 is 2.34 bits per heavy atom. The van der Waals surface area contributed by atoms with Gasteiger partial charge < -0.3 is 19.7 Å². The fourth-order valence-corrected chi connectivity index (χ4v) is 5.18. The summed E-state index contributed by atoms with van der Waals surface area (Å²) in [6, 6.07) is 14.2. The number of rotatable bonds is 13. The average molecular weight is 546 g/mol. The number of carbonyl (C=O) groups excluding carboxylic acids is 2. The van der Waals surface area contributed by atoms with E-state index in [9.17, 15) is 18.0 Å². The Kier molecular flexibility index (Phi) is 10.4. The van der Waals surface area contributed by atoms with E-state index in [0.29, 0.717) is 49.8 Å². The Morgan fingerprint density at radius 1 is 1.00 bits per heavy atom. The van der Waals surface area contributed by atoms with Gasteiger partial charge in [-0.15, -0.1) is 0 Å². The number of carbonyl (C=O) groups is 2. The number of fused-ring (bicyclic) bond motifs is 1. The zero-order chi connectivity index (χ0) is 27.7. The van der Waals surface area contributed by atoms with E-state index in [-0.39, 0.29) is 30.8 Å². The first-order valence-corrected chi connectivity index (χ1v) is 15.0. The van der Waals surface area contributed by atoms with E-state index in [1.54, 1.807) is 30.0 Å². The summed E-state index contributed by atoms with van der Waals surface area (Å²) in [5.74, 6) is 0.673. The second-order valence-corrected chi connectivity index (χ2v) is 11.5. The lowest BCUT2D eigenvalue weighted by atomic mass is 10.1. The molecule has 3 rings (SSSR count). The van der Waals surface area contributed by atoms with Crippen molar-refractivity contribution in [1.82, 2.24) is 10.2 Å². The van der Waals surface area contributed by atoms with E-state index in [1.165, 1.54) is 4.31 Å². The third-order valence-corrected chi connectivity index (χ3v) is 7.81. The lowest BCUT2D eigenvalue weighted by molar-refractivity contribution is -0.140. The highest BCUT2D eigenvalue weighted by Gasteiger charge is 2.27. The van der Waals surface area contributed by atoms with Crippen molar-refractivity contribution in [2.75, 3.05) is 36.9 Å². The van der Waals surface area contributed by atoms with Gasteiger partial charge in [-0.25, -0.2) is 8.42 Å². The molecular weight excluding hydrogens is 506 g/mol. The molecule has 1 heterocycles. The fourth-order valence-electron chi connectivity index (χ4n) is 4.23. The van der Waals surface area contributed by atoms with Gasteiger partial charge in [0.2, 0.25) is 21.8 Å². The van der Waals surface area contributed by atoms with Gasteiger partial charge in [0.15, 0.2) is 11.5 Å². The predicted octanol–water partition coefficient (Wildman–Crippen LogP) is 3.38. The minimum absolute atomic E-state index is 0.00495. The van der Waals surface area contributed by atoms with Crippen LogP contribution in [0.2, 0.25) is 0 Å². The summed E-state index contributed by atoms with van der Waals surface area (Å²) in [6.45, 7) is 6.99. The zero-order valence-corrected chi connectivity index (χ0v) is 23.5. The minimum Gasteiger partial charge on any atom is -0.486 e. The van der Waals surface area contributed by atoms with Crippen LogP contribution in [0.5, 0.6) is 11.5 Å². The highest BCUT2D eigenvalue weighted by atomic mass is 32.2. The number of benzene rings is 2. The summed E-state index contributed by atoms with van der Waals surface area (Å²) in [5.41, 5.74) is 1.52. The Labute approximate surface area is 226 Å². The van der Waals surface area contributed by atoms with Gasteiger partial charge in [-0.3, -0.25) is 13.9 Å². The molecule has 0 saturated heterocycles. The number of anilines is 1. The van der Waals surface area contributed by atoms with Crippen molar-refractivity contribution >= 4 is 27.5 Å². The Balaban J connectivity index is 1.69. The van der Waals surface area contributed by atoms with Gasteiger partial charge in [0.25, 0.3) is 0 Å². The number of hydrogen-bond acceptors (Lipinski definition) is 6. The molecule has 2 aromatic rings. The first kappa shape index (κ1) is 29.3. The molecule has 0 bridgehead atoms. The van der Waals surface area contributed by atoms with E-state index in [2.05, 4.69) is 5.32 Å². The lowest BCUT2D eigenvalue weighted by Gasteiger charge is -2.30. The van der Waals surface area contributed by atoms with Gasteiger partial charge in [-0.05, 0) is 50.8 Å². The van der Waals surface area contributed by atoms with Crippen LogP contribution in [-0.4, -0.2) is 69.8 Å². The highest BCUT2D eigenvalue weighted by Crippen LogP contribution is 2.34. The number of nitrogens with one attached hydrogen (secondary N) is 1. The summed E-state index contributed by atoms with van der Waals surface area (Å²) in [5, 5.41) is 2.96. The van der Waals surface area contributed by atoms with Crippen LogP contribution in [0, 0.1) is 0 Å². The molecular formula is C28H39N3O6S. The zero-order valence-electron chi connectivity index (χ0n) is 22.7. The lowest BCUT2D eigenvalue weighted by Crippen LogP contribution is -2.50. The highest BCUT2D eigenvalue weighted by molar-refractivity contribution is 7.92. The van der Waals surface area contributed by atoms with Crippen LogP contribution in [0.25, 0.3) is 0 Å². The maximum Gasteiger partial charge on any atom is 0.242 e. The molecule has 0 aromatic heterocycles.